The largest absolute Gasteiger partial charge is 0.497 e. The molecule has 1 aliphatic rings. The monoisotopic (exact) mass is 572 g/mol. The van der Waals surface area contributed by atoms with Gasteiger partial charge in [-0.15, -0.1) is 0 Å². The van der Waals surface area contributed by atoms with E-state index in [1.165, 1.54) is 0 Å². The molecule has 0 spiro atoms. The number of aliphatic hydroxyl groups is 1. The third-order valence-corrected chi connectivity index (χ3v) is 7.60. The van der Waals surface area contributed by atoms with Crippen molar-refractivity contribution < 1.29 is 19.4 Å². The van der Waals surface area contributed by atoms with Gasteiger partial charge in [-0.25, -0.2) is 0 Å². The summed E-state index contributed by atoms with van der Waals surface area (Å²) in [6, 6.07) is 22.7. The maximum absolute atomic E-state index is 13.7. The first-order valence-electron chi connectivity index (χ1n) is 14.8. The molecule has 0 radical (unpaired) electrons. The fourth-order valence-corrected chi connectivity index (χ4v) is 5.41. The van der Waals surface area contributed by atoms with Crippen LogP contribution in [0.3, 0.4) is 0 Å². The quantitative estimate of drug-likeness (QED) is 0.226. The van der Waals surface area contributed by atoms with Gasteiger partial charge in [0.1, 0.15) is 5.75 Å². The molecular weight excluding hydrogens is 528 g/mol. The normalized spacial score (nSPS) is 14.9. The van der Waals surface area contributed by atoms with Crippen LogP contribution in [0.2, 0.25) is 0 Å². The third kappa shape index (κ3) is 8.57. The molecule has 224 valence electrons. The minimum absolute atomic E-state index is 0.0648. The number of aliphatic hydroxyl groups excluding tert-OH is 1. The SMILES string of the molecule is CCNc1cc(C(=O)N[C@@H](Cc2ccccc2)[C@H](O)CNC(C)(C)Cc2cccc(OC)c2)cc(N2CCCC2=O)c1. The zero-order chi connectivity index (χ0) is 30.1. The summed E-state index contributed by atoms with van der Waals surface area (Å²) in [4.78, 5) is 27.9. The van der Waals surface area contributed by atoms with Gasteiger partial charge in [-0.1, -0.05) is 42.5 Å². The van der Waals surface area contributed by atoms with Crippen LogP contribution in [0.1, 0.15) is 55.1 Å². The van der Waals surface area contributed by atoms with Gasteiger partial charge in [-0.05, 0) is 81.5 Å². The molecule has 42 heavy (non-hydrogen) atoms. The molecule has 0 bridgehead atoms. The molecule has 2 amide bonds. The van der Waals surface area contributed by atoms with E-state index in [4.69, 9.17) is 4.74 Å². The maximum Gasteiger partial charge on any atom is 0.251 e. The summed E-state index contributed by atoms with van der Waals surface area (Å²) in [6.07, 6.45) is 1.67. The van der Waals surface area contributed by atoms with E-state index in [-0.39, 0.29) is 17.4 Å². The van der Waals surface area contributed by atoms with Crippen LogP contribution in [-0.2, 0) is 17.6 Å². The summed E-state index contributed by atoms with van der Waals surface area (Å²) in [5, 5.41) is 21.3. The number of hydrogen-bond donors (Lipinski definition) is 4. The predicted molar refractivity (Wildman–Crippen MR) is 168 cm³/mol. The Kier molecular flexibility index (Phi) is 10.6. The fourth-order valence-electron chi connectivity index (χ4n) is 5.41. The van der Waals surface area contributed by atoms with Crippen LogP contribution in [-0.4, -0.2) is 61.3 Å². The van der Waals surface area contributed by atoms with Crippen LogP contribution in [0.5, 0.6) is 5.75 Å². The number of β-amino-alcohol motifs (C(OH)–C–C–N with tert-alkyl or cyclic N) is 1. The number of ether oxygens (including phenoxy) is 1. The molecule has 1 saturated heterocycles. The number of amides is 2. The zero-order valence-electron chi connectivity index (χ0n) is 25.2. The second-order valence-corrected chi connectivity index (χ2v) is 11.6. The van der Waals surface area contributed by atoms with Crippen LogP contribution in [0.15, 0.2) is 72.8 Å². The maximum atomic E-state index is 13.7. The van der Waals surface area contributed by atoms with Crippen LogP contribution in [0.25, 0.3) is 0 Å². The number of anilines is 2. The first-order valence-corrected chi connectivity index (χ1v) is 14.8. The lowest BCUT2D eigenvalue weighted by Crippen LogP contribution is -2.52. The molecule has 1 heterocycles. The van der Waals surface area contributed by atoms with Gasteiger partial charge in [-0.2, -0.15) is 0 Å². The molecule has 4 N–H and O–H groups in total. The molecule has 8 nitrogen and oxygen atoms in total. The summed E-state index contributed by atoms with van der Waals surface area (Å²) in [5.41, 5.74) is 3.76. The van der Waals surface area contributed by atoms with Crippen LogP contribution in [0.4, 0.5) is 11.4 Å². The van der Waals surface area contributed by atoms with Crippen molar-refractivity contribution in [1.82, 2.24) is 10.6 Å². The van der Waals surface area contributed by atoms with E-state index in [1.54, 1.807) is 24.1 Å². The lowest BCUT2D eigenvalue weighted by molar-refractivity contribution is -0.117. The number of nitrogens with zero attached hydrogens (tertiary/aromatic N) is 1. The van der Waals surface area contributed by atoms with Crippen molar-refractivity contribution >= 4 is 23.2 Å². The predicted octanol–water partition coefficient (Wildman–Crippen LogP) is 4.57. The lowest BCUT2D eigenvalue weighted by atomic mass is 9.93. The summed E-state index contributed by atoms with van der Waals surface area (Å²) >= 11 is 0. The molecule has 3 aromatic carbocycles. The van der Waals surface area contributed by atoms with Crippen molar-refractivity contribution in [1.29, 1.82) is 0 Å². The second kappa shape index (κ2) is 14.3. The number of carbonyl (C=O) groups excluding carboxylic acids is 2. The van der Waals surface area contributed by atoms with E-state index >= 15 is 0 Å². The Balaban J connectivity index is 1.50. The highest BCUT2D eigenvalue weighted by Crippen LogP contribution is 2.27. The molecule has 2 atom stereocenters. The van der Waals surface area contributed by atoms with E-state index in [0.717, 1.165) is 35.4 Å². The van der Waals surface area contributed by atoms with Crippen molar-refractivity contribution in [3.8, 4) is 5.75 Å². The number of nitrogens with one attached hydrogen (secondary N) is 3. The Morgan fingerprint density at radius 2 is 1.81 bits per heavy atom. The number of rotatable bonds is 14. The van der Waals surface area contributed by atoms with Crippen molar-refractivity contribution in [3.05, 3.63) is 89.5 Å². The number of methoxy groups -OCH3 is 1. The third-order valence-electron chi connectivity index (χ3n) is 7.60. The molecule has 0 aliphatic carbocycles. The van der Waals surface area contributed by atoms with Gasteiger partial charge < -0.3 is 30.7 Å². The first-order chi connectivity index (χ1) is 20.2. The van der Waals surface area contributed by atoms with Gasteiger partial charge >= 0.3 is 0 Å². The Bertz CT molecular complexity index is 1340. The molecule has 0 saturated carbocycles. The Morgan fingerprint density at radius 1 is 1.05 bits per heavy atom. The van der Waals surface area contributed by atoms with Crippen LogP contribution < -0.4 is 25.6 Å². The average molecular weight is 573 g/mol. The Hall–Kier alpha value is -3.88. The summed E-state index contributed by atoms with van der Waals surface area (Å²) in [5.74, 6) is 0.581. The van der Waals surface area contributed by atoms with Gasteiger partial charge in [0.05, 0.1) is 19.3 Å². The standard InChI is InChI=1S/C34H44N4O4/c1-5-35-27-19-26(20-28(21-27)38-16-10-15-32(38)40)33(41)37-30(18-24-11-7-6-8-12-24)31(39)23-36-34(2,3)22-25-13-9-14-29(17-25)42-4/h6-9,11-14,17,19-21,30-31,35-36,39H,5,10,15-16,18,22-23H2,1-4H3,(H,37,41)/t30-,31+/m0/s1. The average Bonchev–Trinajstić information content (AvgIpc) is 3.41. The van der Waals surface area contributed by atoms with E-state index in [9.17, 15) is 14.7 Å². The van der Waals surface area contributed by atoms with Crippen molar-refractivity contribution in [2.24, 2.45) is 0 Å². The number of carbonyl (C=O) groups is 2. The molecule has 0 unspecified atom stereocenters. The summed E-state index contributed by atoms with van der Waals surface area (Å²) in [6.45, 7) is 7.80. The summed E-state index contributed by atoms with van der Waals surface area (Å²) < 4.78 is 5.37. The molecule has 1 fully saturated rings. The van der Waals surface area contributed by atoms with Crippen molar-refractivity contribution in [2.75, 3.05) is 37.0 Å². The lowest BCUT2D eigenvalue weighted by Gasteiger charge is -2.31. The minimum atomic E-state index is -0.852. The molecule has 8 heteroatoms. The van der Waals surface area contributed by atoms with E-state index < -0.39 is 12.1 Å². The van der Waals surface area contributed by atoms with Gasteiger partial charge in [0.2, 0.25) is 5.91 Å². The van der Waals surface area contributed by atoms with Gasteiger partial charge in [0, 0.05) is 48.5 Å². The number of benzene rings is 3. The fraction of sp³-hybridized carbons (Fsp3) is 0.412. The van der Waals surface area contributed by atoms with Crippen LogP contribution >= 0.6 is 0 Å². The molecular formula is C34H44N4O4. The highest BCUT2D eigenvalue weighted by Gasteiger charge is 2.27. The topological polar surface area (TPSA) is 103 Å². The zero-order valence-corrected chi connectivity index (χ0v) is 25.2. The summed E-state index contributed by atoms with van der Waals surface area (Å²) in [7, 11) is 1.66. The molecule has 3 aromatic rings. The van der Waals surface area contributed by atoms with Crippen molar-refractivity contribution in [2.45, 2.75) is 64.1 Å². The first kappa shape index (κ1) is 31.1. The highest BCUT2D eigenvalue weighted by atomic mass is 16.5. The Labute approximate surface area is 249 Å². The highest BCUT2D eigenvalue weighted by molar-refractivity contribution is 6.00. The minimum Gasteiger partial charge on any atom is -0.497 e. The number of hydrogen-bond acceptors (Lipinski definition) is 6. The van der Waals surface area contributed by atoms with Crippen LogP contribution in [0, 0.1) is 0 Å². The van der Waals surface area contributed by atoms with Crippen molar-refractivity contribution in [3.63, 3.8) is 0 Å². The molecule has 4 rings (SSSR count). The Morgan fingerprint density at radius 3 is 2.50 bits per heavy atom. The second-order valence-electron chi connectivity index (χ2n) is 11.6. The van der Waals surface area contributed by atoms with Gasteiger partial charge in [0.25, 0.3) is 5.91 Å². The van der Waals surface area contributed by atoms with E-state index in [0.29, 0.717) is 43.7 Å². The van der Waals surface area contributed by atoms with E-state index in [1.807, 2.05) is 61.5 Å². The van der Waals surface area contributed by atoms with Gasteiger partial charge in [-0.3, -0.25) is 9.59 Å². The van der Waals surface area contributed by atoms with E-state index in [2.05, 4.69) is 35.9 Å². The molecule has 1 aliphatic heterocycles. The smallest absolute Gasteiger partial charge is 0.251 e. The molecule has 0 aromatic heterocycles. The van der Waals surface area contributed by atoms with Gasteiger partial charge in [0.15, 0.2) is 0 Å².